The topological polar surface area (TPSA) is 67.3 Å². The van der Waals surface area contributed by atoms with Crippen molar-refractivity contribution in [2.45, 2.75) is 25.8 Å². The number of hydrogen-bond donors (Lipinski definition) is 2. The standard InChI is InChI=1S/C10H13ClF3N3O2/c1-2-19-5-9-16-7(11)3-8(17-9)15-4-6(18)10(12,13)14/h3,6,18H,2,4-5H2,1H3,(H,15,16,17). The average Bonchev–Trinajstić information content (AvgIpc) is 2.31. The van der Waals surface area contributed by atoms with Crippen molar-refractivity contribution < 1.29 is 23.0 Å². The predicted octanol–water partition coefficient (Wildman–Crippen LogP) is 2.00. The second-order valence-corrected chi connectivity index (χ2v) is 3.95. The van der Waals surface area contributed by atoms with Gasteiger partial charge in [-0.05, 0) is 6.92 Å². The van der Waals surface area contributed by atoms with Crippen molar-refractivity contribution in [3.63, 3.8) is 0 Å². The molecule has 0 radical (unpaired) electrons. The second kappa shape index (κ2) is 6.88. The first-order valence-electron chi connectivity index (χ1n) is 5.42. The Morgan fingerprint density at radius 2 is 2.16 bits per heavy atom. The van der Waals surface area contributed by atoms with Gasteiger partial charge in [0.1, 0.15) is 17.6 Å². The molecule has 1 atom stereocenters. The molecule has 0 fully saturated rings. The van der Waals surface area contributed by atoms with Gasteiger partial charge >= 0.3 is 6.18 Å². The fourth-order valence-electron chi connectivity index (χ4n) is 1.13. The molecule has 0 amide bonds. The van der Waals surface area contributed by atoms with Crippen LogP contribution in [-0.2, 0) is 11.3 Å². The molecule has 108 valence electrons. The number of anilines is 1. The lowest BCUT2D eigenvalue weighted by atomic mass is 10.3. The number of rotatable bonds is 6. The van der Waals surface area contributed by atoms with Crippen molar-refractivity contribution in [2.24, 2.45) is 0 Å². The Morgan fingerprint density at radius 1 is 1.47 bits per heavy atom. The molecule has 0 bridgehead atoms. The molecular weight excluding hydrogens is 287 g/mol. The molecule has 5 nitrogen and oxygen atoms in total. The minimum atomic E-state index is -4.68. The molecule has 0 aliphatic carbocycles. The van der Waals surface area contributed by atoms with E-state index in [1.54, 1.807) is 6.92 Å². The van der Waals surface area contributed by atoms with Gasteiger partial charge in [-0.2, -0.15) is 13.2 Å². The van der Waals surface area contributed by atoms with E-state index >= 15 is 0 Å². The van der Waals surface area contributed by atoms with Crippen LogP contribution in [0, 0.1) is 0 Å². The molecule has 0 saturated carbocycles. The lowest BCUT2D eigenvalue weighted by molar-refractivity contribution is -0.198. The van der Waals surface area contributed by atoms with Crippen molar-refractivity contribution in [1.82, 2.24) is 9.97 Å². The molecular formula is C10H13ClF3N3O2. The van der Waals surface area contributed by atoms with Gasteiger partial charge in [-0.15, -0.1) is 0 Å². The highest BCUT2D eigenvalue weighted by atomic mass is 35.5. The van der Waals surface area contributed by atoms with Crippen LogP contribution in [0.5, 0.6) is 0 Å². The highest BCUT2D eigenvalue weighted by molar-refractivity contribution is 6.29. The first-order chi connectivity index (χ1) is 8.82. The summed E-state index contributed by atoms with van der Waals surface area (Å²) in [4.78, 5) is 7.77. The summed E-state index contributed by atoms with van der Waals surface area (Å²) in [7, 11) is 0. The monoisotopic (exact) mass is 299 g/mol. The molecule has 19 heavy (non-hydrogen) atoms. The smallest absolute Gasteiger partial charge is 0.382 e. The van der Waals surface area contributed by atoms with Crippen LogP contribution in [0.25, 0.3) is 0 Å². The van der Waals surface area contributed by atoms with Gasteiger partial charge in [0.15, 0.2) is 11.9 Å². The Bertz CT molecular complexity index is 417. The average molecular weight is 300 g/mol. The molecule has 0 aliphatic rings. The summed E-state index contributed by atoms with van der Waals surface area (Å²) in [5.74, 6) is 0.344. The number of hydrogen-bond acceptors (Lipinski definition) is 5. The molecule has 0 spiro atoms. The zero-order valence-corrected chi connectivity index (χ0v) is 10.8. The maximum Gasteiger partial charge on any atom is 0.416 e. The van der Waals surface area contributed by atoms with Crippen molar-refractivity contribution >= 4 is 17.4 Å². The SMILES string of the molecule is CCOCc1nc(Cl)cc(NCC(O)C(F)(F)F)n1. The van der Waals surface area contributed by atoms with E-state index in [-0.39, 0.29) is 23.4 Å². The molecule has 1 aromatic rings. The van der Waals surface area contributed by atoms with E-state index in [2.05, 4.69) is 15.3 Å². The Hall–Kier alpha value is -1.12. The third-order valence-corrected chi connectivity index (χ3v) is 2.22. The Balaban J connectivity index is 2.65. The molecule has 1 heterocycles. The first kappa shape index (κ1) is 15.9. The lowest BCUT2D eigenvalue weighted by Gasteiger charge is -2.15. The Morgan fingerprint density at radius 3 is 2.74 bits per heavy atom. The van der Waals surface area contributed by atoms with Gasteiger partial charge < -0.3 is 15.2 Å². The number of halogens is 4. The summed E-state index contributed by atoms with van der Waals surface area (Å²) in [6.07, 6.45) is -7.16. The summed E-state index contributed by atoms with van der Waals surface area (Å²) in [5, 5.41) is 11.3. The quantitative estimate of drug-likeness (QED) is 0.787. The van der Waals surface area contributed by atoms with Crippen molar-refractivity contribution in [3.05, 3.63) is 17.0 Å². The summed E-state index contributed by atoms with van der Waals surface area (Å²) in [5.41, 5.74) is 0. The zero-order chi connectivity index (χ0) is 14.5. The fourth-order valence-corrected chi connectivity index (χ4v) is 1.33. The fraction of sp³-hybridized carbons (Fsp3) is 0.600. The number of aliphatic hydroxyl groups excluding tert-OH is 1. The molecule has 0 saturated heterocycles. The molecule has 1 unspecified atom stereocenters. The molecule has 1 rings (SSSR count). The van der Waals surface area contributed by atoms with Crippen molar-refractivity contribution in [3.8, 4) is 0 Å². The summed E-state index contributed by atoms with van der Waals surface area (Å²) >= 11 is 5.70. The molecule has 0 aliphatic heterocycles. The third-order valence-electron chi connectivity index (χ3n) is 2.03. The van der Waals surface area contributed by atoms with Crippen molar-refractivity contribution in [2.75, 3.05) is 18.5 Å². The number of nitrogens with one attached hydrogen (secondary N) is 1. The van der Waals surface area contributed by atoms with E-state index in [4.69, 9.17) is 21.4 Å². The van der Waals surface area contributed by atoms with Crippen LogP contribution < -0.4 is 5.32 Å². The lowest BCUT2D eigenvalue weighted by Crippen LogP contribution is -2.35. The Kier molecular flexibility index (Phi) is 5.77. The van der Waals surface area contributed by atoms with Gasteiger partial charge in [0.05, 0.1) is 6.54 Å². The number of ether oxygens (including phenoxy) is 1. The summed E-state index contributed by atoms with van der Waals surface area (Å²) in [6, 6.07) is 1.26. The van der Waals surface area contributed by atoms with E-state index in [1.807, 2.05) is 0 Å². The third kappa shape index (κ3) is 5.58. The predicted molar refractivity (Wildman–Crippen MR) is 62.9 cm³/mol. The minimum absolute atomic E-state index is 0.0775. The van der Waals surface area contributed by atoms with Crippen LogP contribution in [0.3, 0.4) is 0 Å². The zero-order valence-electron chi connectivity index (χ0n) is 10.0. The van der Waals surface area contributed by atoms with Crippen LogP contribution in [0.2, 0.25) is 5.15 Å². The van der Waals surface area contributed by atoms with E-state index in [0.717, 1.165) is 0 Å². The van der Waals surface area contributed by atoms with E-state index in [0.29, 0.717) is 6.61 Å². The van der Waals surface area contributed by atoms with Gasteiger partial charge in [0.25, 0.3) is 0 Å². The minimum Gasteiger partial charge on any atom is -0.382 e. The summed E-state index contributed by atoms with van der Waals surface area (Å²) in [6.45, 7) is 1.62. The Labute approximate surface area is 112 Å². The van der Waals surface area contributed by atoms with E-state index in [1.165, 1.54) is 6.07 Å². The number of aliphatic hydroxyl groups is 1. The number of alkyl halides is 3. The largest absolute Gasteiger partial charge is 0.416 e. The van der Waals surface area contributed by atoms with Crippen LogP contribution in [0.1, 0.15) is 12.7 Å². The van der Waals surface area contributed by atoms with Gasteiger partial charge in [-0.3, -0.25) is 0 Å². The first-order valence-corrected chi connectivity index (χ1v) is 5.80. The highest BCUT2D eigenvalue weighted by Crippen LogP contribution is 2.20. The second-order valence-electron chi connectivity index (χ2n) is 3.57. The van der Waals surface area contributed by atoms with Crippen LogP contribution >= 0.6 is 11.6 Å². The van der Waals surface area contributed by atoms with E-state index in [9.17, 15) is 13.2 Å². The van der Waals surface area contributed by atoms with Crippen molar-refractivity contribution in [1.29, 1.82) is 0 Å². The summed E-state index contributed by atoms with van der Waals surface area (Å²) < 4.78 is 41.4. The van der Waals surface area contributed by atoms with Crippen LogP contribution in [0.4, 0.5) is 19.0 Å². The van der Waals surface area contributed by atoms with Crippen LogP contribution in [-0.4, -0.2) is 40.5 Å². The normalized spacial score (nSPS) is 13.4. The van der Waals surface area contributed by atoms with Gasteiger partial charge in [-0.1, -0.05) is 11.6 Å². The molecule has 0 aromatic carbocycles. The number of nitrogens with zero attached hydrogens (tertiary/aromatic N) is 2. The molecule has 2 N–H and O–H groups in total. The molecule has 9 heteroatoms. The number of aromatic nitrogens is 2. The van der Waals surface area contributed by atoms with Gasteiger partial charge in [0.2, 0.25) is 0 Å². The van der Waals surface area contributed by atoms with Gasteiger partial charge in [0, 0.05) is 12.7 Å². The van der Waals surface area contributed by atoms with E-state index < -0.39 is 18.8 Å². The van der Waals surface area contributed by atoms with Gasteiger partial charge in [-0.25, -0.2) is 9.97 Å². The van der Waals surface area contributed by atoms with Crippen LogP contribution in [0.15, 0.2) is 6.07 Å². The maximum atomic E-state index is 12.1. The molecule has 1 aromatic heterocycles. The maximum absolute atomic E-state index is 12.1. The highest BCUT2D eigenvalue weighted by Gasteiger charge is 2.37.